The summed E-state index contributed by atoms with van der Waals surface area (Å²) in [4.78, 5) is 11.2. The minimum absolute atomic E-state index is 0.349. The predicted molar refractivity (Wildman–Crippen MR) is 70.1 cm³/mol. The van der Waals surface area contributed by atoms with Gasteiger partial charge in [0.25, 0.3) is 0 Å². The largest absolute Gasteiger partial charge is 0.480 e. The highest BCUT2D eigenvalue weighted by Crippen LogP contribution is 2.34. The van der Waals surface area contributed by atoms with Crippen molar-refractivity contribution in [2.24, 2.45) is 11.8 Å². The monoisotopic (exact) mass is 241 g/mol. The third-order valence-corrected chi connectivity index (χ3v) is 4.31. The third-order valence-electron chi connectivity index (χ3n) is 4.31. The fourth-order valence-corrected chi connectivity index (χ4v) is 3.00. The summed E-state index contributed by atoms with van der Waals surface area (Å²) in [6.45, 7) is 6.59. The number of hydrogen-bond acceptors (Lipinski definition) is 2. The van der Waals surface area contributed by atoms with Gasteiger partial charge in [0.15, 0.2) is 0 Å². The molecule has 0 heterocycles. The summed E-state index contributed by atoms with van der Waals surface area (Å²) < 4.78 is 0. The number of nitrogens with one attached hydrogen (secondary N) is 1. The van der Waals surface area contributed by atoms with E-state index >= 15 is 0 Å². The van der Waals surface area contributed by atoms with Crippen LogP contribution in [0.25, 0.3) is 0 Å². The van der Waals surface area contributed by atoms with E-state index in [0.717, 1.165) is 31.6 Å². The molecule has 0 aromatic carbocycles. The number of carboxylic acid groups (broad SMARTS) is 1. The van der Waals surface area contributed by atoms with Crippen LogP contribution in [-0.4, -0.2) is 23.2 Å². The zero-order valence-electron chi connectivity index (χ0n) is 11.4. The average molecular weight is 241 g/mol. The van der Waals surface area contributed by atoms with Crippen LogP contribution in [-0.2, 0) is 4.79 Å². The molecule has 0 amide bonds. The van der Waals surface area contributed by atoms with Crippen LogP contribution >= 0.6 is 0 Å². The predicted octanol–water partition coefficient (Wildman–Crippen LogP) is 3.04. The minimum atomic E-state index is -0.689. The molecule has 1 aliphatic rings. The van der Waals surface area contributed by atoms with Crippen LogP contribution < -0.4 is 5.32 Å². The van der Waals surface area contributed by atoms with E-state index in [1.54, 1.807) is 0 Å². The second-order valence-corrected chi connectivity index (χ2v) is 5.41. The van der Waals surface area contributed by atoms with Gasteiger partial charge in [0.1, 0.15) is 6.04 Å². The molecule has 0 saturated heterocycles. The molecule has 0 spiro atoms. The van der Waals surface area contributed by atoms with E-state index in [0.29, 0.717) is 12.0 Å². The molecule has 4 atom stereocenters. The van der Waals surface area contributed by atoms with Gasteiger partial charge in [0.2, 0.25) is 0 Å². The van der Waals surface area contributed by atoms with Crippen LogP contribution in [0.15, 0.2) is 0 Å². The van der Waals surface area contributed by atoms with Crippen molar-refractivity contribution in [3.05, 3.63) is 0 Å². The second-order valence-electron chi connectivity index (χ2n) is 5.41. The molecular weight excluding hydrogens is 214 g/mol. The number of aliphatic carboxylic acids is 1. The number of hydrogen-bond donors (Lipinski definition) is 2. The van der Waals surface area contributed by atoms with Gasteiger partial charge in [-0.15, -0.1) is 0 Å². The normalized spacial score (nSPS) is 30.4. The third kappa shape index (κ3) is 3.98. The molecule has 0 aromatic heterocycles. The van der Waals surface area contributed by atoms with Gasteiger partial charge in [-0.1, -0.05) is 40.0 Å². The van der Waals surface area contributed by atoms with E-state index in [2.05, 4.69) is 26.1 Å². The maximum Gasteiger partial charge on any atom is 0.320 e. The molecule has 100 valence electrons. The maximum absolute atomic E-state index is 11.2. The van der Waals surface area contributed by atoms with Gasteiger partial charge in [-0.3, -0.25) is 4.79 Å². The fraction of sp³-hybridized carbons (Fsp3) is 0.929. The van der Waals surface area contributed by atoms with Gasteiger partial charge in [-0.05, 0) is 31.1 Å². The Kier molecular flexibility index (Phi) is 5.96. The van der Waals surface area contributed by atoms with Crippen molar-refractivity contribution < 1.29 is 9.90 Å². The number of unbranched alkanes of at least 4 members (excludes halogenated alkanes) is 1. The van der Waals surface area contributed by atoms with Gasteiger partial charge < -0.3 is 10.4 Å². The Morgan fingerprint density at radius 3 is 2.59 bits per heavy atom. The first-order valence-corrected chi connectivity index (χ1v) is 7.08. The van der Waals surface area contributed by atoms with Gasteiger partial charge >= 0.3 is 5.97 Å². The van der Waals surface area contributed by atoms with E-state index in [1.807, 2.05) is 0 Å². The summed E-state index contributed by atoms with van der Waals surface area (Å²) in [6, 6.07) is 0.0518. The Hall–Kier alpha value is -0.570. The molecule has 2 N–H and O–H groups in total. The molecule has 3 heteroatoms. The quantitative estimate of drug-likeness (QED) is 0.720. The fourth-order valence-electron chi connectivity index (χ4n) is 3.00. The van der Waals surface area contributed by atoms with E-state index in [-0.39, 0.29) is 6.04 Å². The van der Waals surface area contributed by atoms with Crippen LogP contribution in [0.3, 0.4) is 0 Å². The highest BCUT2D eigenvalue weighted by Gasteiger charge is 2.33. The lowest BCUT2D eigenvalue weighted by atomic mass is 9.93. The highest BCUT2D eigenvalue weighted by molar-refractivity contribution is 5.73. The van der Waals surface area contributed by atoms with Crippen LogP contribution in [0.1, 0.15) is 59.3 Å². The lowest BCUT2D eigenvalue weighted by Crippen LogP contribution is -2.45. The van der Waals surface area contributed by atoms with Crippen molar-refractivity contribution in [3.8, 4) is 0 Å². The average Bonchev–Trinajstić information content (AvgIpc) is 2.65. The first-order chi connectivity index (χ1) is 8.10. The topological polar surface area (TPSA) is 49.3 Å². The van der Waals surface area contributed by atoms with E-state index in [4.69, 9.17) is 0 Å². The highest BCUT2D eigenvalue weighted by atomic mass is 16.4. The summed E-state index contributed by atoms with van der Waals surface area (Å²) in [5.41, 5.74) is 0. The summed E-state index contributed by atoms with van der Waals surface area (Å²) in [5, 5.41) is 12.6. The number of carboxylic acids is 1. The molecule has 0 aromatic rings. The van der Waals surface area contributed by atoms with Gasteiger partial charge in [0.05, 0.1) is 0 Å². The van der Waals surface area contributed by atoms with E-state index < -0.39 is 5.97 Å². The molecule has 17 heavy (non-hydrogen) atoms. The molecule has 3 nitrogen and oxygen atoms in total. The summed E-state index contributed by atoms with van der Waals surface area (Å²) in [6.07, 6.45) is 6.40. The Bertz CT molecular complexity index is 242. The molecule has 0 aliphatic heterocycles. The second kappa shape index (κ2) is 7.00. The summed E-state index contributed by atoms with van der Waals surface area (Å²) in [7, 11) is 0. The van der Waals surface area contributed by atoms with Crippen molar-refractivity contribution in [1.82, 2.24) is 5.32 Å². The Morgan fingerprint density at radius 2 is 2.12 bits per heavy atom. The van der Waals surface area contributed by atoms with Crippen molar-refractivity contribution >= 4 is 5.97 Å². The van der Waals surface area contributed by atoms with Crippen LogP contribution in [0.5, 0.6) is 0 Å². The van der Waals surface area contributed by atoms with Crippen molar-refractivity contribution in [2.75, 3.05) is 0 Å². The van der Waals surface area contributed by atoms with Crippen molar-refractivity contribution in [1.29, 1.82) is 0 Å². The summed E-state index contributed by atoms with van der Waals surface area (Å²) in [5.74, 6) is 0.696. The van der Waals surface area contributed by atoms with Crippen LogP contribution in [0.2, 0.25) is 0 Å². The molecule has 1 aliphatic carbocycles. The first kappa shape index (κ1) is 14.5. The van der Waals surface area contributed by atoms with Crippen molar-refractivity contribution in [2.45, 2.75) is 71.4 Å². The molecule has 0 bridgehead atoms. The lowest BCUT2D eigenvalue weighted by Gasteiger charge is -2.24. The lowest BCUT2D eigenvalue weighted by molar-refractivity contribution is -0.140. The Labute approximate surface area is 105 Å². The number of rotatable bonds is 7. The summed E-state index contributed by atoms with van der Waals surface area (Å²) >= 11 is 0. The number of carbonyl (C=O) groups is 1. The molecular formula is C14H27NO2. The maximum atomic E-state index is 11.2. The standard InChI is InChI=1S/C14H27NO2/c1-4-6-7-13(14(16)17)15-12-9-8-11(5-2)10(12)3/h10-13,15H,4-9H2,1-3H3,(H,16,17). The minimum Gasteiger partial charge on any atom is -0.480 e. The Balaban J connectivity index is 2.47. The molecule has 1 saturated carbocycles. The van der Waals surface area contributed by atoms with E-state index in [1.165, 1.54) is 12.8 Å². The first-order valence-electron chi connectivity index (χ1n) is 7.08. The van der Waals surface area contributed by atoms with Gasteiger partial charge in [-0.25, -0.2) is 0 Å². The Morgan fingerprint density at radius 1 is 1.41 bits per heavy atom. The molecule has 1 rings (SSSR count). The van der Waals surface area contributed by atoms with Gasteiger partial charge in [0, 0.05) is 6.04 Å². The van der Waals surface area contributed by atoms with E-state index in [9.17, 15) is 9.90 Å². The van der Waals surface area contributed by atoms with Gasteiger partial charge in [-0.2, -0.15) is 0 Å². The smallest absolute Gasteiger partial charge is 0.320 e. The zero-order chi connectivity index (χ0) is 12.8. The van der Waals surface area contributed by atoms with Crippen LogP contribution in [0, 0.1) is 11.8 Å². The van der Waals surface area contributed by atoms with Crippen LogP contribution in [0.4, 0.5) is 0 Å². The SMILES string of the molecule is CCCCC(NC1CCC(CC)C1C)C(=O)O. The molecule has 4 unspecified atom stereocenters. The molecule has 0 radical (unpaired) electrons. The zero-order valence-corrected chi connectivity index (χ0v) is 11.4. The van der Waals surface area contributed by atoms with Crippen molar-refractivity contribution in [3.63, 3.8) is 0 Å². The molecule has 1 fully saturated rings.